The van der Waals surface area contributed by atoms with Crippen LogP contribution in [0.3, 0.4) is 0 Å². The first kappa shape index (κ1) is 15.0. The van der Waals surface area contributed by atoms with E-state index in [0.717, 1.165) is 5.56 Å². The zero-order valence-electron chi connectivity index (χ0n) is 11.9. The largest absolute Gasteiger partial charge is 0.497 e. The molecule has 0 bridgehead atoms. The zero-order valence-corrected chi connectivity index (χ0v) is 11.9. The molecule has 0 aliphatic heterocycles. The van der Waals surface area contributed by atoms with Gasteiger partial charge >= 0.3 is 0 Å². The molecular weight excluding hydrogens is 246 g/mol. The van der Waals surface area contributed by atoms with Gasteiger partial charge in [-0.15, -0.1) is 0 Å². The Morgan fingerprint density at radius 1 is 1.21 bits per heavy atom. The van der Waals surface area contributed by atoms with E-state index in [9.17, 15) is 9.59 Å². The molecule has 0 saturated heterocycles. The van der Waals surface area contributed by atoms with Crippen LogP contribution < -0.4 is 14.4 Å². The first-order valence-corrected chi connectivity index (χ1v) is 5.89. The van der Waals surface area contributed by atoms with Gasteiger partial charge in [-0.1, -0.05) is 0 Å². The summed E-state index contributed by atoms with van der Waals surface area (Å²) >= 11 is 0. The van der Waals surface area contributed by atoms with Crippen molar-refractivity contribution >= 4 is 17.4 Å². The number of carbonyl (C=O) groups is 2. The van der Waals surface area contributed by atoms with Crippen molar-refractivity contribution in [2.24, 2.45) is 0 Å². The minimum atomic E-state index is -0.265. The molecule has 1 aromatic carbocycles. The highest BCUT2D eigenvalue weighted by atomic mass is 16.5. The number of Topliss-reactive ketones (excluding diaryl/α,β-unsaturated/α-hetero) is 1. The lowest BCUT2D eigenvalue weighted by atomic mass is 10.1. The van der Waals surface area contributed by atoms with Crippen molar-refractivity contribution < 1.29 is 19.1 Å². The highest BCUT2D eigenvalue weighted by Gasteiger charge is 2.19. The second kappa shape index (κ2) is 6.22. The maximum atomic E-state index is 11.9. The number of amides is 1. The molecule has 5 heteroatoms. The highest BCUT2D eigenvalue weighted by molar-refractivity contribution is 6.05. The predicted octanol–water partition coefficient (Wildman–Crippen LogP) is 1.95. The van der Waals surface area contributed by atoms with Gasteiger partial charge in [0.15, 0.2) is 0 Å². The van der Waals surface area contributed by atoms with Crippen LogP contribution in [-0.4, -0.2) is 33.0 Å². The Labute approximate surface area is 113 Å². The third-order valence-electron chi connectivity index (χ3n) is 2.80. The van der Waals surface area contributed by atoms with Crippen molar-refractivity contribution in [2.45, 2.75) is 20.3 Å². The summed E-state index contributed by atoms with van der Waals surface area (Å²) in [6, 6.07) is 3.52. The third-order valence-corrected chi connectivity index (χ3v) is 2.80. The first-order valence-electron chi connectivity index (χ1n) is 5.89. The van der Waals surface area contributed by atoms with Crippen LogP contribution in [0.1, 0.15) is 18.9 Å². The number of benzene rings is 1. The molecule has 5 nitrogen and oxygen atoms in total. The van der Waals surface area contributed by atoms with Gasteiger partial charge in [-0.3, -0.25) is 9.59 Å². The van der Waals surface area contributed by atoms with Gasteiger partial charge < -0.3 is 14.4 Å². The second-order valence-electron chi connectivity index (χ2n) is 4.33. The smallest absolute Gasteiger partial charge is 0.234 e. The van der Waals surface area contributed by atoms with E-state index < -0.39 is 0 Å². The number of carbonyl (C=O) groups excluding carboxylic acids is 2. The Morgan fingerprint density at radius 2 is 1.84 bits per heavy atom. The van der Waals surface area contributed by atoms with E-state index in [4.69, 9.17) is 9.47 Å². The van der Waals surface area contributed by atoms with Crippen molar-refractivity contribution in [3.63, 3.8) is 0 Å². The minimum Gasteiger partial charge on any atom is -0.497 e. The molecule has 0 atom stereocenters. The minimum absolute atomic E-state index is 0.120. The van der Waals surface area contributed by atoms with Crippen LogP contribution in [-0.2, 0) is 9.59 Å². The van der Waals surface area contributed by atoms with Crippen molar-refractivity contribution in [1.29, 1.82) is 0 Å². The summed E-state index contributed by atoms with van der Waals surface area (Å²) in [4.78, 5) is 24.4. The number of hydrogen-bond acceptors (Lipinski definition) is 4. The van der Waals surface area contributed by atoms with E-state index in [0.29, 0.717) is 17.2 Å². The lowest BCUT2D eigenvalue weighted by Gasteiger charge is -2.22. The van der Waals surface area contributed by atoms with Crippen molar-refractivity contribution in [3.05, 3.63) is 17.7 Å². The maximum absolute atomic E-state index is 11.9. The lowest BCUT2D eigenvalue weighted by molar-refractivity contribution is -0.125. The topological polar surface area (TPSA) is 55.8 Å². The summed E-state index contributed by atoms with van der Waals surface area (Å²) in [5.74, 6) is 0.766. The molecule has 1 rings (SSSR count). The molecule has 0 radical (unpaired) electrons. The number of ether oxygens (including phenoxy) is 2. The molecule has 0 unspecified atom stereocenters. The fraction of sp³-hybridized carbons (Fsp3) is 0.429. The van der Waals surface area contributed by atoms with Crippen molar-refractivity contribution in [2.75, 3.05) is 26.2 Å². The van der Waals surface area contributed by atoms with Gasteiger partial charge in [0, 0.05) is 13.1 Å². The average molecular weight is 265 g/mol. The van der Waals surface area contributed by atoms with Gasteiger partial charge in [0.25, 0.3) is 0 Å². The van der Waals surface area contributed by atoms with E-state index in [2.05, 4.69) is 0 Å². The number of rotatable bonds is 5. The molecule has 19 heavy (non-hydrogen) atoms. The van der Waals surface area contributed by atoms with E-state index in [1.165, 1.54) is 18.9 Å². The molecule has 1 amide bonds. The number of hydrogen-bond donors (Lipinski definition) is 0. The molecule has 0 N–H and O–H groups in total. The molecular formula is C14H19NO4. The summed E-state index contributed by atoms with van der Waals surface area (Å²) in [5, 5.41) is 0. The van der Waals surface area contributed by atoms with E-state index in [-0.39, 0.29) is 18.1 Å². The molecule has 1 aromatic rings. The first-order chi connectivity index (χ1) is 8.90. The molecule has 0 aliphatic carbocycles. The molecule has 0 heterocycles. The summed E-state index contributed by atoms with van der Waals surface area (Å²) in [6.45, 7) is 3.25. The van der Waals surface area contributed by atoms with E-state index >= 15 is 0 Å². The van der Waals surface area contributed by atoms with Crippen LogP contribution in [0.4, 0.5) is 5.69 Å². The van der Waals surface area contributed by atoms with Gasteiger partial charge in [-0.05, 0) is 25.5 Å². The molecule has 0 aliphatic rings. The van der Waals surface area contributed by atoms with Gasteiger partial charge in [-0.2, -0.15) is 0 Å². The number of aryl methyl sites for hydroxylation is 1. The Morgan fingerprint density at radius 3 is 2.32 bits per heavy atom. The van der Waals surface area contributed by atoms with Crippen molar-refractivity contribution in [1.82, 2.24) is 0 Å². The quantitative estimate of drug-likeness (QED) is 0.764. The van der Waals surface area contributed by atoms with Crippen LogP contribution in [0.25, 0.3) is 0 Å². The van der Waals surface area contributed by atoms with Gasteiger partial charge in [0.1, 0.15) is 17.3 Å². The summed E-state index contributed by atoms with van der Waals surface area (Å²) < 4.78 is 10.4. The summed E-state index contributed by atoms with van der Waals surface area (Å²) in [5.41, 5.74) is 1.49. The summed E-state index contributed by atoms with van der Waals surface area (Å²) in [7, 11) is 4.72. The van der Waals surface area contributed by atoms with Gasteiger partial charge in [0.2, 0.25) is 5.91 Å². The van der Waals surface area contributed by atoms with E-state index in [1.54, 1.807) is 20.2 Å². The van der Waals surface area contributed by atoms with E-state index in [1.807, 2.05) is 13.0 Å². The van der Waals surface area contributed by atoms with Crippen LogP contribution in [0.15, 0.2) is 12.1 Å². The van der Waals surface area contributed by atoms with Crippen LogP contribution >= 0.6 is 0 Å². The second-order valence-corrected chi connectivity index (χ2v) is 4.33. The molecule has 0 saturated carbocycles. The summed E-state index contributed by atoms with van der Waals surface area (Å²) in [6.07, 6.45) is -0.120. The number of methoxy groups -OCH3 is 2. The normalized spacial score (nSPS) is 9.95. The Kier molecular flexibility index (Phi) is 4.92. The Hall–Kier alpha value is -2.04. The Bertz CT molecular complexity index is 496. The zero-order chi connectivity index (χ0) is 14.6. The van der Waals surface area contributed by atoms with Crippen molar-refractivity contribution in [3.8, 4) is 11.5 Å². The molecule has 0 aromatic heterocycles. The third kappa shape index (κ3) is 3.47. The Balaban J connectivity index is 3.18. The number of nitrogens with zero attached hydrogens (tertiary/aromatic N) is 1. The average Bonchev–Trinajstić information content (AvgIpc) is 2.35. The fourth-order valence-electron chi connectivity index (χ4n) is 1.87. The standard InChI is InChI=1S/C14H19NO4/c1-9-6-11(18-4)8-12(19-5)14(9)15(3)13(17)7-10(2)16/h6,8H,7H2,1-5H3. The molecule has 0 spiro atoms. The predicted molar refractivity (Wildman–Crippen MR) is 73.0 cm³/mol. The van der Waals surface area contributed by atoms with Crippen LogP contribution in [0.5, 0.6) is 11.5 Å². The number of ketones is 1. The van der Waals surface area contributed by atoms with Crippen LogP contribution in [0, 0.1) is 6.92 Å². The van der Waals surface area contributed by atoms with Gasteiger partial charge in [-0.25, -0.2) is 0 Å². The van der Waals surface area contributed by atoms with Crippen LogP contribution in [0.2, 0.25) is 0 Å². The highest BCUT2D eigenvalue weighted by Crippen LogP contribution is 2.35. The fourth-order valence-corrected chi connectivity index (χ4v) is 1.87. The lowest BCUT2D eigenvalue weighted by Crippen LogP contribution is -2.28. The van der Waals surface area contributed by atoms with Gasteiger partial charge in [0.05, 0.1) is 26.3 Å². The molecule has 104 valence electrons. The SMILES string of the molecule is COc1cc(C)c(N(C)C(=O)CC(C)=O)c(OC)c1. The number of anilines is 1. The molecule has 0 fully saturated rings. The monoisotopic (exact) mass is 265 g/mol. The maximum Gasteiger partial charge on any atom is 0.234 e.